The topological polar surface area (TPSA) is 12.0 Å². The molecule has 0 unspecified atom stereocenters. The van der Waals surface area contributed by atoms with E-state index < -0.39 is 11.7 Å². The summed E-state index contributed by atoms with van der Waals surface area (Å²) in [4.78, 5) is 0. The SMILES string of the molecule is C=C/C(F)=C(CNC)\C(F)=C/C. The van der Waals surface area contributed by atoms with Gasteiger partial charge in [-0.1, -0.05) is 12.7 Å². The first-order chi connectivity index (χ1) is 5.67. The molecule has 0 rings (SSSR count). The van der Waals surface area contributed by atoms with Crippen LogP contribution in [0.2, 0.25) is 0 Å². The van der Waals surface area contributed by atoms with Gasteiger partial charge in [-0.2, -0.15) is 0 Å². The van der Waals surface area contributed by atoms with E-state index in [1.54, 1.807) is 7.05 Å². The second-order valence-electron chi connectivity index (χ2n) is 2.20. The highest BCUT2D eigenvalue weighted by Gasteiger charge is 2.07. The van der Waals surface area contributed by atoms with Gasteiger partial charge in [0, 0.05) is 12.1 Å². The van der Waals surface area contributed by atoms with E-state index in [-0.39, 0.29) is 12.1 Å². The molecule has 0 aliphatic heterocycles. The first kappa shape index (κ1) is 11.0. The summed E-state index contributed by atoms with van der Waals surface area (Å²) in [7, 11) is 1.62. The number of hydrogen-bond donors (Lipinski definition) is 1. The molecule has 0 aromatic carbocycles. The van der Waals surface area contributed by atoms with Gasteiger partial charge in [0.1, 0.15) is 11.7 Å². The minimum absolute atomic E-state index is 0.00926. The number of nitrogens with one attached hydrogen (secondary N) is 1. The van der Waals surface area contributed by atoms with Gasteiger partial charge in [-0.3, -0.25) is 0 Å². The van der Waals surface area contributed by atoms with Crippen molar-refractivity contribution < 1.29 is 8.78 Å². The van der Waals surface area contributed by atoms with Crippen LogP contribution < -0.4 is 5.32 Å². The molecule has 0 saturated heterocycles. The van der Waals surface area contributed by atoms with Crippen LogP contribution in [0.1, 0.15) is 6.92 Å². The summed E-state index contributed by atoms with van der Waals surface area (Å²) in [5.74, 6) is -1.18. The zero-order valence-electron chi connectivity index (χ0n) is 7.32. The van der Waals surface area contributed by atoms with Gasteiger partial charge in [0.2, 0.25) is 0 Å². The van der Waals surface area contributed by atoms with Gasteiger partial charge in [-0.25, -0.2) is 8.78 Å². The minimum atomic E-state index is -0.625. The van der Waals surface area contributed by atoms with Crippen molar-refractivity contribution in [2.24, 2.45) is 0 Å². The largest absolute Gasteiger partial charge is 0.315 e. The maximum Gasteiger partial charge on any atom is 0.130 e. The van der Waals surface area contributed by atoms with Crippen LogP contribution in [0.3, 0.4) is 0 Å². The van der Waals surface area contributed by atoms with Gasteiger partial charge in [0.05, 0.1) is 0 Å². The molecule has 0 fully saturated rings. The van der Waals surface area contributed by atoms with Crippen molar-refractivity contribution in [1.29, 1.82) is 0 Å². The fraction of sp³-hybridized carbons (Fsp3) is 0.333. The average molecular weight is 173 g/mol. The Hall–Kier alpha value is -0.960. The highest BCUT2D eigenvalue weighted by Crippen LogP contribution is 2.17. The number of allylic oxidation sites excluding steroid dienone is 3. The van der Waals surface area contributed by atoms with E-state index in [1.807, 2.05) is 0 Å². The molecule has 0 atom stereocenters. The molecule has 0 aliphatic carbocycles. The highest BCUT2D eigenvalue weighted by atomic mass is 19.1. The Labute approximate surface area is 71.5 Å². The van der Waals surface area contributed by atoms with Gasteiger partial charge in [0.15, 0.2) is 0 Å². The van der Waals surface area contributed by atoms with Crippen molar-refractivity contribution in [3.05, 3.63) is 36.0 Å². The van der Waals surface area contributed by atoms with Crippen LogP contribution in [0.25, 0.3) is 0 Å². The molecule has 0 aromatic heterocycles. The van der Waals surface area contributed by atoms with E-state index >= 15 is 0 Å². The number of likely N-dealkylation sites (N-methyl/N-ethyl adjacent to an activating group) is 1. The molecule has 0 heterocycles. The fourth-order valence-electron chi connectivity index (χ4n) is 0.757. The molecule has 0 aliphatic rings. The van der Waals surface area contributed by atoms with E-state index in [0.29, 0.717) is 0 Å². The van der Waals surface area contributed by atoms with Crippen molar-refractivity contribution in [3.8, 4) is 0 Å². The third kappa shape index (κ3) is 2.96. The first-order valence-electron chi connectivity index (χ1n) is 3.65. The summed E-state index contributed by atoms with van der Waals surface area (Å²) in [6.07, 6.45) is 2.21. The van der Waals surface area contributed by atoms with Crippen LogP contribution >= 0.6 is 0 Å². The summed E-state index contributed by atoms with van der Waals surface area (Å²) in [6, 6.07) is 0. The molecule has 12 heavy (non-hydrogen) atoms. The summed E-state index contributed by atoms with van der Waals surface area (Å²) < 4.78 is 25.8. The quantitative estimate of drug-likeness (QED) is 0.644. The van der Waals surface area contributed by atoms with Crippen molar-refractivity contribution in [1.82, 2.24) is 5.32 Å². The molecule has 3 heteroatoms. The lowest BCUT2D eigenvalue weighted by Gasteiger charge is -2.03. The molecule has 0 amide bonds. The smallest absolute Gasteiger partial charge is 0.130 e. The Bertz CT molecular complexity index is 217. The van der Waals surface area contributed by atoms with E-state index in [4.69, 9.17) is 0 Å². The average Bonchev–Trinajstić information content (AvgIpc) is 2.11. The lowest BCUT2D eigenvalue weighted by atomic mass is 10.2. The lowest BCUT2D eigenvalue weighted by Crippen LogP contribution is -2.11. The van der Waals surface area contributed by atoms with Gasteiger partial charge < -0.3 is 5.32 Å². The van der Waals surface area contributed by atoms with Gasteiger partial charge in [0.25, 0.3) is 0 Å². The molecular formula is C9H13F2N. The highest BCUT2D eigenvalue weighted by molar-refractivity contribution is 5.33. The second kappa shape index (κ2) is 5.66. The fourth-order valence-corrected chi connectivity index (χ4v) is 0.757. The second-order valence-corrected chi connectivity index (χ2v) is 2.20. The van der Waals surface area contributed by atoms with E-state index in [2.05, 4.69) is 11.9 Å². The van der Waals surface area contributed by atoms with Crippen LogP contribution in [0.15, 0.2) is 36.0 Å². The zero-order valence-corrected chi connectivity index (χ0v) is 7.32. The summed E-state index contributed by atoms with van der Waals surface area (Å²) in [5.41, 5.74) is 0.00926. The van der Waals surface area contributed by atoms with Crippen LogP contribution in [-0.4, -0.2) is 13.6 Å². The lowest BCUT2D eigenvalue weighted by molar-refractivity contribution is 0.595. The number of rotatable bonds is 4. The van der Waals surface area contributed by atoms with Crippen LogP contribution in [0.5, 0.6) is 0 Å². The molecule has 0 radical (unpaired) electrons. The zero-order chi connectivity index (χ0) is 9.56. The van der Waals surface area contributed by atoms with E-state index in [0.717, 1.165) is 6.08 Å². The predicted molar refractivity (Wildman–Crippen MR) is 47.1 cm³/mol. The Kier molecular flexibility index (Phi) is 5.21. The molecule has 0 aromatic rings. The van der Waals surface area contributed by atoms with Gasteiger partial charge in [-0.15, -0.1) is 0 Å². The standard InChI is InChI=1S/C9H13F2N/c1-4-8(10)7(6-12-3)9(11)5-2/h4-5,12H,1,6H2,2-3H3/b8-7+,9-5+. The molecule has 0 bridgehead atoms. The van der Waals surface area contributed by atoms with E-state index in [9.17, 15) is 8.78 Å². The Morgan fingerprint density at radius 3 is 2.42 bits per heavy atom. The van der Waals surface area contributed by atoms with E-state index in [1.165, 1.54) is 13.0 Å². The maximum atomic E-state index is 12.9. The third-order valence-corrected chi connectivity index (χ3v) is 1.36. The molecular weight excluding hydrogens is 160 g/mol. The molecule has 1 nitrogen and oxygen atoms in total. The Morgan fingerprint density at radius 1 is 1.50 bits per heavy atom. The number of halogens is 2. The summed E-state index contributed by atoms with van der Waals surface area (Å²) >= 11 is 0. The molecule has 1 N–H and O–H groups in total. The van der Waals surface area contributed by atoms with Gasteiger partial charge >= 0.3 is 0 Å². The van der Waals surface area contributed by atoms with Crippen molar-refractivity contribution in [3.63, 3.8) is 0 Å². The first-order valence-corrected chi connectivity index (χ1v) is 3.65. The Morgan fingerprint density at radius 2 is 2.08 bits per heavy atom. The predicted octanol–water partition coefficient (Wildman–Crippen LogP) is 2.49. The molecule has 0 saturated carbocycles. The van der Waals surface area contributed by atoms with Gasteiger partial charge in [-0.05, 0) is 20.0 Å². The van der Waals surface area contributed by atoms with Crippen molar-refractivity contribution in [2.75, 3.05) is 13.6 Å². The van der Waals surface area contributed by atoms with Crippen molar-refractivity contribution in [2.45, 2.75) is 6.92 Å². The maximum absolute atomic E-state index is 12.9. The van der Waals surface area contributed by atoms with Crippen LogP contribution in [0, 0.1) is 0 Å². The number of hydrogen-bond acceptors (Lipinski definition) is 1. The molecule has 0 spiro atoms. The minimum Gasteiger partial charge on any atom is -0.315 e. The van der Waals surface area contributed by atoms with Crippen molar-refractivity contribution >= 4 is 0 Å². The summed E-state index contributed by atoms with van der Waals surface area (Å²) in [6.45, 7) is 4.90. The summed E-state index contributed by atoms with van der Waals surface area (Å²) in [5, 5.41) is 2.67. The normalized spacial score (nSPS) is 14.2. The molecule has 68 valence electrons. The monoisotopic (exact) mass is 173 g/mol. The third-order valence-electron chi connectivity index (χ3n) is 1.36. The Balaban J connectivity index is 4.77. The van der Waals surface area contributed by atoms with Crippen LogP contribution in [-0.2, 0) is 0 Å². The van der Waals surface area contributed by atoms with Crippen LogP contribution in [0.4, 0.5) is 8.78 Å².